The van der Waals surface area contributed by atoms with Crippen LogP contribution in [0.4, 0.5) is 11.4 Å². The fourth-order valence-corrected chi connectivity index (χ4v) is 3.14. The van der Waals surface area contributed by atoms with Gasteiger partial charge in [-0.25, -0.2) is 0 Å². The predicted octanol–water partition coefficient (Wildman–Crippen LogP) is 5.43. The van der Waals surface area contributed by atoms with E-state index in [1.165, 1.54) is 22.5 Å². The molecule has 0 bridgehead atoms. The van der Waals surface area contributed by atoms with E-state index in [4.69, 9.17) is 1.37 Å². The molecular formula is C20H23NY11-2. The van der Waals surface area contributed by atoms with Crippen molar-refractivity contribution in [1.29, 1.82) is 0 Å². The van der Waals surface area contributed by atoms with Crippen LogP contribution >= 0.6 is 0 Å². The van der Waals surface area contributed by atoms with Crippen LogP contribution in [0.3, 0.4) is 0 Å². The SMILES string of the molecule is [3H]c1ccc2c(c1)[C@H](C)[C@H](C)N2c1c[c-]c([C@H](C)[CH-]C)cc1.[Y].[Y].[Y].[Y].[Y].[Y].[Y].[Y].[Y].[Y].[Y]. The molecular weight excluding hydrogens is 1230 g/mol. The molecule has 143 valence electrons. The molecule has 0 amide bonds. The summed E-state index contributed by atoms with van der Waals surface area (Å²) in [5.74, 6) is 0.866. The van der Waals surface area contributed by atoms with E-state index in [2.05, 4.69) is 69.3 Å². The van der Waals surface area contributed by atoms with Gasteiger partial charge in [0, 0.05) is 377 Å². The van der Waals surface area contributed by atoms with E-state index in [9.17, 15) is 0 Å². The molecule has 0 spiro atoms. The molecule has 32 heavy (non-hydrogen) atoms. The summed E-state index contributed by atoms with van der Waals surface area (Å²) in [5, 5.41) is 0. The van der Waals surface area contributed by atoms with Crippen molar-refractivity contribution in [3.8, 4) is 0 Å². The molecule has 3 rings (SSSR count). The minimum absolute atomic E-state index is 0. The second kappa shape index (κ2) is 35.9. The van der Waals surface area contributed by atoms with Gasteiger partial charge in [-0.15, -0.1) is 6.07 Å². The quantitative estimate of drug-likeness (QED) is 0.372. The normalized spacial score (nSPS) is 15.0. The summed E-state index contributed by atoms with van der Waals surface area (Å²) in [5.41, 5.74) is 4.92. The second-order valence-corrected chi connectivity index (χ2v) is 6.01. The van der Waals surface area contributed by atoms with Gasteiger partial charge >= 0.3 is 0 Å². The van der Waals surface area contributed by atoms with E-state index in [0.717, 1.165) is 0 Å². The Hall–Kier alpha value is 10.4. The summed E-state index contributed by atoms with van der Waals surface area (Å²) in [7, 11) is 0. The minimum Gasteiger partial charge on any atom is -0.392 e. The Kier molecular flexibility index (Phi) is 68.8. The van der Waals surface area contributed by atoms with Crippen LogP contribution in [0.1, 0.15) is 52.0 Å². The third-order valence-corrected chi connectivity index (χ3v) is 4.84. The van der Waals surface area contributed by atoms with Gasteiger partial charge in [0.15, 0.2) is 0 Å². The minimum atomic E-state index is 0. The first-order chi connectivity index (χ1) is 10.5. The summed E-state index contributed by atoms with van der Waals surface area (Å²) in [6.07, 6.45) is 2.19. The van der Waals surface area contributed by atoms with Crippen molar-refractivity contribution in [3.05, 3.63) is 66.1 Å². The summed E-state index contributed by atoms with van der Waals surface area (Å²) in [4.78, 5) is 2.38. The van der Waals surface area contributed by atoms with Gasteiger partial charge in [0.25, 0.3) is 0 Å². The average molecular weight is 1260 g/mol. The third kappa shape index (κ3) is 19.0. The zero-order valence-corrected chi connectivity index (χ0v) is 50.8. The van der Waals surface area contributed by atoms with E-state index in [0.29, 0.717) is 23.9 Å². The summed E-state index contributed by atoms with van der Waals surface area (Å²) in [6.45, 7) is 8.78. The molecule has 1 heterocycles. The molecule has 12 heteroatoms. The van der Waals surface area contributed by atoms with Crippen molar-refractivity contribution in [1.82, 2.24) is 0 Å². The molecule has 1 nitrogen and oxygen atoms in total. The van der Waals surface area contributed by atoms with Crippen molar-refractivity contribution in [2.24, 2.45) is 0 Å². The molecule has 1 aliphatic heterocycles. The monoisotopic (exact) mass is 1260 g/mol. The van der Waals surface area contributed by atoms with Gasteiger partial charge in [0.2, 0.25) is 0 Å². The summed E-state index contributed by atoms with van der Waals surface area (Å²) in [6, 6.07) is 16.8. The Bertz CT molecular complexity index is 692. The molecule has 11 radical (unpaired) electrons. The Labute approximate surface area is 475 Å². The standard InChI is InChI=1S/C20H23N.11Y/c1-5-14(2)17-10-12-18(13-11-17)21-16(4)15(3)19-8-6-7-9-20(19)21;;;;;;;;;;;/h5-10,12-16H,1-4H3;;;;;;;;;;;/q-2;;;;;;;;;;;/t14-,15-,16+;;;;;;;;;;;/m1.........../s1/i6T;;;;;;;;;;;. The van der Waals surface area contributed by atoms with Crippen molar-refractivity contribution in [2.45, 2.75) is 45.6 Å². The first-order valence-electron chi connectivity index (χ1n) is 8.23. The number of nitrogens with zero attached hydrogens (tertiary/aromatic N) is 1. The van der Waals surface area contributed by atoms with Gasteiger partial charge in [-0.1, -0.05) is 37.7 Å². The van der Waals surface area contributed by atoms with Crippen molar-refractivity contribution < 1.29 is 361 Å². The third-order valence-electron chi connectivity index (χ3n) is 4.84. The zero-order valence-electron chi connectivity index (χ0n) is 20.6. The van der Waals surface area contributed by atoms with Gasteiger partial charge in [-0.3, -0.25) is 0 Å². The first kappa shape index (κ1) is 61.4. The molecule has 0 aliphatic carbocycles. The van der Waals surface area contributed by atoms with Gasteiger partial charge in [0.05, 0.1) is 1.37 Å². The van der Waals surface area contributed by atoms with Crippen LogP contribution in [0, 0.1) is 12.5 Å². The van der Waals surface area contributed by atoms with Crippen LogP contribution in [-0.4, -0.2) is 6.04 Å². The number of para-hydroxylation sites is 1. The van der Waals surface area contributed by atoms with Crippen LogP contribution in [0.15, 0.2) is 42.4 Å². The van der Waals surface area contributed by atoms with Gasteiger partial charge in [0.1, 0.15) is 0 Å². The Morgan fingerprint density at radius 1 is 0.875 bits per heavy atom. The molecule has 0 saturated carbocycles. The van der Waals surface area contributed by atoms with Gasteiger partial charge in [-0.05, 0) is 18.6 Å². The Morgan fingerprint density at radius 2 is 1.41 bits per heavy atom. The maximum absolute atomic E-state index is 7.86. The molecule has 0 unspecified atom stereocenters. The van der Waals surface area contributed by atoms with Crippen LogP contribution in [-0.2, 0) is 360 Å². The Balaban J connectivity index is -0.0000000748. The number of hydrogen-bond donors (Lipinski definition) is 0. The predicted molar refractivity (Wildman–Crippen MR) is 90.1 cm³/mol. The van der Waals surface area contributed by atoms with E-state index in [1.54, 1.807) is 0 Å². The van der Waals surface area contributed by atoms with E-state index in [1.807, 2.05) is 12.1 Å². The number of hydrogen-bond acceptors (Lipinski definition) is 1. The molecule has 0 fully saturated rings. The van der Waals surface area contributed by atoms with Gasteiger partial charge < -0.3 is 11.3 Å². The van der Waals surface area contributed by atoms with Crippen LogP contribution in [0.25, 0.3) is 0 Å². The molecule has 2 aromatic rings. The molecule has 2 aromatic carbocycles. The number of benzene rings is 2. The molecule has 0 aromatic heterocycles. The van der Waals surface area contributed by atoms with Crippen molar-refractivity contribution in [2.75, 3.05) is 4.90 Å². The largest absolute Gasteiger partial charge is 0.392 e. The van der Waals surface area contributed by atoms with Gasteiger partial charge in [-0.2, -0.15) is 36.6 Å². The van der Waals surface area contributed by atoms with Crippen molar-refractivity contribution in [3.63, 3.8) is 0 Å². The molecule has 1 aliphatic rings. The van der Waals surface area contributed by atoms with E-state index >= 15 is 0 Å². The topological polar surface area (TPSA) is 3.24 Å². The van der Waals surface area contributed by atoms with E-state index < -0.39 is 0 Å². The van der Waals surface area contributed by atoms with E-state index in [-0.39, 0.29) is 360 Å². The second-order valence-electron chi connectivity index (χ2n) is 6.01. The smallest absolute Gasteiger partial charge is 0.0623 e. The zero-order chi connectivity index (χ0) is 15.9. The maximum atomic E-state index is 7.86. The fraction of sp³-hybridized carbons (Fsp3) is 0.350. The Morgan fingerprint density at radius 3 is 1.84 bits per heavy atom. The fourth-order valence-electron chi connectivity index (χ4n) is 3.14. The van der Waals surface area contributed by atoms with Crippen LogP contribution in [0.5, 0.6) is 0 Å². The molecule has 0 saturated heterocycles. The maximum Gasteiger partial charge on any atom is 0.0623 e. The van der Waals surface area contributed by atoms with Crippen molar-refractivity contribution >= 4 is 11.4 Å². The number of rotatable bonds is 3. The number of anilines is 2. The van der Waals surface area contributed by atoms with Crippen LogP contribution < -0.4 is 4.90 Å². The van der Waals surface area contributed by atoms with Crippen LogP contribution in [0.2, 0.25) is 0 Å². The number of fused-ring (bicyclic) bond motifs is 1. The average Bonchev–Trinajstić information content (AvgIpc) is 2.78. The molecule has 0 N–H and O–H groups in total. The summed E-state index contributed by atoms with van der Waals surface area (Å²) < 4.78 is 7.86. The molecule has 3 atom stereocenters. The first-order valence-corrected chi connectivity index (χ1v) is 7.73. The summed E-state index contributed by atoms with van der Waals surface area (Å²) >= 11 is 0.